The van der Waals surface area contributed by atoms with Crippen LogP contribution in [0.2, 0.25) is 5.02 Å². The number of benzene rings is 1. The number of carbonyl (C=O) groups is 1. The summed E-state index contributed by atoms with van der Waals surface area (Å²) in [7, 11) is 1.83. The van der Waals surface area contributed by atoms with Gasteiger partial charge in [0.2, 0.25) is 5.91 Å². The van der Waals surface area contributed by atoms with Crippen LogP contribution in [-0.4, -0.2) is 39.6 Å². The third-order valence-electron chi connectivity index (χ3n) is 3.42. The predicted octanol–water partition coefficient (Wildman–Crippen LogP) is 3.02. The number of thioether (sulfide) groups is 1. The van der Waals surface area contributed by atoms with E-state index in [1.54, 1.807) is 41.2 Å². The van der Waals surface area contributed by atoms with Crippen molar-refractivity contribution in [3.8, 4) is 17.3 Å². The maximum atomic E-state index is 11.9. The van der Waals surface area contributed by atoms with Gasteiger partial charge in [-0.3, -0.25) is 4.79 Å². The van der Waals surface area contributed by atoms with Gasteiger partial charge in [-0.1, -0.05) is 23.4 Å². The molecular weight excluding hydrogens is 376 g/mol. The van der Waals surface area contributed by atoms with Gasteiger partial charge in [-0.2, -0.15) is 0 Å². The molecule has 9 heteroatoms. The summed E-state index contributed by atoms with van der Waals surface area (Å²) in [6.45, 7) is 0.795. The van der Waals surface area contributed by atoms with Crippen molar-refractivity contribution < 1.29 is 13.9 Å². The Balaban J connectivity index is 1.40. The van der Waals surface area contributed by atoms with Gasteiger partial charge in [0, 0.05) is 12.1 Å². The molecule has 7 nitrogen and oxygen atoms in total. The van der Waals surface area contributed by atoms with Gasteiger partial charge in [0.25, 0.3) is 0 Å². The van der Waals surface area contributed by atoms with Crippen molar-refractivity contribution in [1.29, 1.82) is 0 Å². The van der Waals surface area contributed by atoms with E-state index in [2.05, 4.69) is 15.5 Å². The molecule has 0 unspecified atom stereocenters. The summed E-state index contributed by atoms with van der Waals surface area (Å²) in [5.41, 5.74) is 0. The minimum atomic E-state index is -0.0998. The molecule has 0 spiro atoms. The van der Waals surface area contributed by atoms with Gasteiger partial charge in [0.15, 0.2) is 16.7 Å². The Kier molecular flexibility index (Phi) is 6.19. The smallest absolute Gasteiger partial charge is 0.230 e. The van der Waals surface area contributed by atoms with E-state index in [-0.39, 0.29) is 11.7 Å². The predicted molar refractivity (Wildman–Crippen MR) is 99.4 cm³/mol. The number of aromatic nitrogens is 3. The zero-order chi connectivity index (χ0) is 18.4. The summed E-state index contributed by atoms with van der Waals surface area (Å²) in [4.78, 5) is 11.9. The number of nitrogens with one attached hydrogen (secondary N) is 1. The van der Waals surface area contributed by atoms with Crippen LogP contribution in [0, 0.1) is 0 Å². The summed E-state index contributed by atoms with van der Waals surface area (Å²) >= 11 is 7.12. The van der Waals surface area contributed by atoms with Crippen LogP contribution in [0.3, 0.4) is 0 Å². The molecule has 0 fully saturated rings. The van der Waals surface area contributed by atoms with Gasteiger partial charge in [0.05, 0.1) is 18.6 Å². The van der Waals surface area contributed by atoms with E-state index in [1.807, 2.05) is 13.1 Å². The molecule has 0 aliphatic carbocycles. The molecule has 1 aromatic carbocycles. The second-order valence-corrected chi connectivity index (χ2v) is 6.66. The van der Waals surface area contributed by atoms with Crippen molar-refractivity contribution in [3.63, 3.8) is 0 Å². The highest BCUT2D eigenvalue weighted by Gasteiger charge is 2.14. The quantitative estimate of drug-likeness (QED) is 0.468. The first kappa shape index (κ1) is 18.3. The zero-order valence-corrected chi connectivity index (χ0v) is 15.6. The normalized spacial score (nSPS) is 10.7. The van der Waals surface area contributed by atoms with Crippen LogP contribution in [-0.2, 0) is 11.8 Å². The van der Waals surface area contributed by atoms with E-state index in [0.717, 1.165) is 0 Å². The SMILES string of the molecule is Cn1c(SCC(=O)NCCOc2ccc(Cl)cc2)nnc1-c1ccco1. The zero-order valence-electron chi connectivity index (χ0n) is 14.0. The maximum Gasteiger partial charge on any atom is 0.230 e. The van der Waals surface area contributed by atoms with Crippen molar-refractivity contribution >= 4 is 29.3 Å². The second-order valence-electron chi connectivity index (χ2n) is 5.28. The van der Waals surface area contributed by atoms with E-state index in [1.165, 1.54) is 11.8 Å². The monoisotopic (exact) mass is 392 g/mol. The summed E-state index contributed by atoms with van der Waals surface area (Å²) in [6.07, 6.45) is 1.58. The van der Waals surface area contributed by atoms with E-state index >= 15 is 0 Å². The van der Waals surface area contributed by atoms with Crippen LogP contribution in [0.25, 0.3) is 11.6 Å². The summed E-state index contributed by atoms with van der Waals surface area (Å²) in [6, 6.07) is 10.7. The minimum Gasteiger partial charge on any atom is -0.492 e. The van der Waals surface area contributed by atoms with Crippen LogP contribution in [0.15, 0.2) is 52.2 Å². The fourth-order valence-corrected chi connectivity index (χ4v) is 3.00. The highest BCUT2D eigenvalue weighted by atomic mass is 35.5. The molecule has 136 valence electrons. The van der Waals surface area contributed by atoms with Gasteiger partial charge in [-0.15, -0.1) is 10.2 Å². The number of nitrogens with zero attached hydrogens (tertiary/aromatic N) is 3. The van der Waals surface area contributed by atoms with Crippen LogP contribution < -0.4 is 10.1 Å². The Morgan fingerprint density at radius 1 is 1.31 bits per heavy atom. The molecule has 0 aliphatic rings. The van der Waals surface area contributed by atoms with Crippen molar-refractivity contribution in [2.24, 2.45) is 7.05 Å². The lowest BCUT2D eigenvalue weighted by Crippen LogP contribution is -2.29. The van der Waals surface area contributed by atoms with Crippen molar-refractivity contribution in [2.45, 2.75) is 5.16 Å². The first-order valence-corrected chi connectivity index (χ1v) is 9.21. The van der Waals surface area contributed by atoms with Crippen LogP contribution in [0.4, 0.5) is 0 Å². The van der Waals surface area contributed by atoms with Gasteiger partial charge in [0.1, 0.15) is 12.4 Å². The topological polar surface area (TPSA) is 82.2 Å². The Hall–Kier alpha value is -2.45. The molecular formula is C17H17ClN4O3S. The molecule has 2 aromatic heterocycles. The molecule has 0 saturated carbocycles. The average Bonchev–Trinajstić information content (AvgIpc) is 3.28. The van der Waals surface area contributed by atoms with E-state index in [0.29, 0.717) is 40.7 Å². The summed E-state index contributed by atoms with van der Waals surface area (Å²) < 4.78 is 12.6. The number of carbonyl (C=O) groups excluding carboxylic acids is 1. The second kappa shape index (κ2) is 8.77. The molecule has 1 amide bonds. The summed E-state index contributed by atoms with van der Waals surface area (Å²) in [5.74, 6) is 2.11. The molecule has 1 N–H and O–H groups in total. The average molecular weight is 393 g/mol. The molecule has 0 bridgehead atoms. The highest BCUT2D eigenvalue weighted by molar-refractivity contribution is 7.99. The van der Waals surface area contributed by atoms with Crippen LogP contribution in [0.5, 0.6) is 5.75 Å². The number of halogens is 1. The number of rotatable bonds is 8. The van der Waals surface area contributed by atoms with E-state index in [9.17, 15) is 4.79 Å². The lowest BCUT2D eigenvalue weighted by atomic mass is 10.3. The standard InChI is InChI=1S/C17H17ClN4O3S/c1-22-16(14-3-2-9-25-14)20-21-17(22)26-11-15(23)19-8-10-24-13-6-4-12(18)5-7-13/h2-7,9H,8,10-11H2,1H3,(H,19,23). The summed E-state index contributed by atoms with van der Waals surface area (Å²) in [5, 5.41) is 12.3. The number of furan rings is 1. The minimum absolute atomic E-state index is 0.0998. The maximum absolute atomic E-state index is 11.9. The number of amides is 1. The van der Waals surface area contributed by atoms with Crippen molar-refractivity contribution in [3.05, 3.63) is 47.7 Å². The molecule has 0 aliphatic heterocycles. The van der Waals surface area contributed by atoms with Gasteiger partial charge in [-0.05, 0) is 36.4 Å². The molecule has 26 heavy (non-hydrogen) atoms. The Morgan fingerprint density at radius 2 is 2.12 bits per heavy atom. The van der Waals surface area contributed by atoms with Gasteiger partial charge in [-0.25, -0.2) is 0 Å². The van der Waals surface area contributed by atoms with Crippen LogP contribution >= 0.6 is 23.4 Å². The lowest BCUT2D eigenvalue weighted by Gasteiger charge is -2.07. The van der Waals surface area contributed by atoms with Gasteiger partial charge >= 0.3 is 0 Å². The van der Waals surface area contributed by atoms with Crippen LogP contribution in [0.1, 0.15) is 0 Å². The van der Waals surface area contributed by atoms with Crippen molar-refractivity contribution in [1.82, 2.24) is 20.1 Å². The third kappa shape index (κ3) is 4.80. The number of hydrogen-bond donors (Lipinski definition) is 1. The van der Waals surface area contributed by atoms with E-state index in [4.69, 9.17) is 20.8 Å². The highest BCUT2D eigenvalue weighted by Crippen LogP contribution is 2.22. The Bertz CT molecular complexity index is 850. The molecule has 0 saturated heterocycles. The molecule has 0 radical (unpaired) electrons. The third-order valence-corrected chi connectivity index (χ3v) is 4.69. The largest absolute Gasteiger partial charge is 0.492 e. The molecule has 3 aromatic rings. The molecule has 3 rings (SSSR count). The first-order valence-electron chi connectivity index (χ1n) is 7.84. The number of hydrogen-bond acceptors (Lipinski definition) is 6. The lowest BCUT2D eigenvalue weighted by molar-refractivity contribution is -0.118. The fourth-order valence-electron chi connectivity index (χ4n) is 2.13. The first-order chi connectivity index (χ1) is 12.6. The van der Waals surface area contributed by atoms with Gasteiger partial charge < -0.3 is 19.0 Å². The fraction of sp³-hybridized carbons (Fsp3) is 0.235. The molecule has 0 atom stereocenters. The number of ether oxygens (including phenoxy) is 1. The molecule has 2 heterocycles. The Labute approximate surface area is 159 Å². The Morgan fingerprint density at radius 3 is 2.85 bits per heavy atom. The van der Waals surface area contributed by atoms with E-state index < -0.39 is 0 Å². The van der Waals surface area contributed by atoms with Crippen molar-refractivity contribution in [2.75, 3.05) is 18.9 Å².